The van der Waals surface area contributed by atoms with Crippen LogP contribution in [0.4, 0.5) is 0 Å². The molecule has 1 aromatic carbocycles. The minimum absolute atomic E-state index is 0. The number of nitrogens with one attached hydrogen (secondary N) is 1. The lowest BCUT2D eigenvalue weighted by Gasteiger charge is -2.26. The molecule has 148 valence electrons. The van der Waals surface area contributed by atoms with E-state index in [1.165, 1.54) is 0 Å². The van der Waals surface area contributed by atoms with Crippen LogP contribution in [0.25, 0.3) is 0 Å². The topological polar surface area (TPSA) is 72.1 Å². The quantitative estimate of drug-likeness (QED) is 0.274. The Balaban J connectivity index is 0.00000338. The number of aliphatic imine (C=N–C) groups is 1. The molecule has 0 bridgehead atoms. The third-order valence-corrected chi connectivity index (χ3v) is 3.87. The van der Waals surface area contributed by atoms with Crippen molar-refractivity contribution in [1.82, 2.24) is 10.2 Å². The van der Waals surface area contributed by atoms with Gasteiger partial charge in [-0.05, 0) is 39.8 Å². The van der Waals surface area contributed by atoms with Crippen LogP contribution in [0.1, 0.15) is 32.8 Å². The molecule has 1 fully saturated rings. The number of para-hydroxylation sites is 1. The second-order valence-electron chi connectivity index (χ2n) is 7.26. The lowest BCUT2D eigenvalue weighted by Crippen LogP contribution is -2.39. The van der Waals surface area contributed by atoms with E-state index in [1.54, 1.807) is 0 Å². The van der Waals surface area contributed by atoms with E-state index in [2.05, 4.69) is 15.2 Å². The Morgan fingerprint density at radius 3 is 2.65 bits per heavy atom. The predicted molar refractivity (Wildman–Crippen MR) is 117 cm³/mol. The van der Waals surface area contributed by atoms with Gasteiger partial charge in [-0.15, -0.1) is 24.0 Å². The van der Waals surface area contributed by atoms with Gasteiger partial charge in [0.1, 0.15) is 11.4 Å². The summed E-state index contributed by atoms with van der Waals surface area (Å²) in [5, 5.41) is 3.19. The molecular formula is C19H33IN4O2. The maximum absolute atomic E-state index is 5.98. The van der Waals surface area contributed by atoms with Crippen molar-refractivity contribution in [3.63, 3.8) is 0 Å². The molecule has 0 saturated carbocycles. The third-order valence-electron chi connectivity index (χ3n) is 3.87. The Hall–Kier alpha value is -1.06. The number of rotatable bonds is 7. The maximum atomic E-state index is 5.98. The van der Waals surface area contributed by atoms with E-state index in [9.17, 15) is 0 Å². The third kappa shape index (κ3) is 9.05. The van der Waals surface area contributed by atoms with Crippen LogP contribution in [0.2, 0.25) is 0 Å². The highest BCUT2D eigenvalue weighted by atomic mass is 127. The Kier molecular flexibility index (Phi) is 10.3. The second kappa shape index (κ2) is 11.6. The summed E-state index contributed by atoms with van der Waals surface area (Å²) in [5.74, 6) is 1.34. The van der Waals surface area contributed by atoms with Gasteiger partial charge < -0.3 is 20.5 Å². The zero-order valence-electron chi connectivity index (χ0n) is 16.2. The summed E-state index contributed by atoms with van der Waals surface area (Å²) in [6.07, 6.45) is 1.04. The number of guanidine groups is 1. The van der Waals surface area contributed by atoms with Gasteiger partial charge in [-0.3, -0.25) is 4.90 Å². The molecule has 0 amide bonds. The molecule has 1 aliphatic heterocycles. The van der Waals surface area contributed by atoms with Gasteiger partial charge in [0.15, 0.2) is 5.96 Å². The van der Waals surface area contributed by atoms with E-state index in [-0.39, 0.29) is 29.6 Å². The molecule has 1 heterocycles. The van der Waals surface area contributed by atoms with Crippen LogP contribution < -0.4 is 15.8 Å². The minimum atomic E-state index is -0.233. The highest BCUT2D eigenvalue weighted by molar-refractivity contribution is 14.0. The molecule has 6 nitrogen and oxygen atoms in total. The molecule has 7 heteroatoms. The zero-order valence-corrected chi connectivity index (χ0v) is 18.5. The van der Waals surface area contributed by atoms with Crippen molar-refractivity contribution in [3.8, 4) is 5.75 Å². The summed E-state index contributed by atoms with van der Waals surface area (Å²) >= 11 is 0. The first kappa shape index (κ1) is 23.0. The first-order chi connectivity index (χ1) is 11.9. The number of nitrogens with zero attached hydrogens (tertiary/aromatic N) is 2. The number of morpholine rings is 1. The SMILES string of the molecule is CC(C)(C)Oc1ccccc1CN=C(N)NCCCN1CCOCC1.I. The van der Waals surface area contributed by atoms with Crippen LogP contribution in [0.3, 0.4) is 0 Å². The van der Waals surface area contributed by atoms with Crippen LogP contribution in [0.15, 0.2) is 29.3 Å². The van der Waals surface area contributed by atoms with Crippen LogP contribution in [0, 0.1) is 0 Å². The Morgan fingerprint density at radius 1 is 1.27 bits per heavy atom. The summed E-state index contributed by atoms with van der Waals surface area (Å²) < 4.78 is 11.3. The van der Waals surface area contributed by atoms with Crippen LogP contribution in [-0.4, -0.2) is 55.9 Å². The van der Waals surface area contributed by atoms with E-state index in [4.69, 9.17) is 15.2 Å². The normalized spacial score (nSPS) is 16.0. The van der Waals surface area contributed by atoms with Gasteiger partial charge in [0.05, 0.1) is 19.8 Å². The summed E-state index contributed by atoms with van der Waals surface area (Å²) in [4.78, 5) is 6.85. The van der Waals surface area contributed by atoms with Gasteiger partial charge in [-0.2, -0.15) is 0 Å². The van der Waals surface area contributed by atoms with Gasteiger partial charge in [0, 0.05) is 25.2 Å². The smallest absolute Gasteiger partial charge is 0.188 e. The number of hydrogen-bond acceptors (Lipinski definition) is 4. The van der Waals surface area contributed by atoms with Crippen molar-refractivity contribution in [2.45, 2.75) is 39.3 Å². The first-order valence-corrected chi connectivity index (χ1v) is 9.05. The van der Waals surface area contributed by atoms with Crippen molar-refractivity contribution < 1.29 is 9.47 Å². The van der Waals surface area contributed by atoms with Gasteiger partial charge in [0.25, 0.3) is 0 Å². The zero-order chi connectivity index (χ0) is 18.1. The fourth-order valence-corrected chi connectivity index (χ4v) is 2.63. The number of ether oxygens (including phenoxy) is 2. The van der Waals surface area contributed by atoms with Gasteiger partial charge in [-0.25, -0.2) is 4.99 Å². The largest absolute Gasteiger partial charge is 0.488 e. The fourth-order valence-electron chi connectivity index (χ4n) is 2.63. The summed E-state index contributed by atoms with van der Waals surface area (Å²) in [7, 11) is 0. The van der Waals surface area contributed by atoms with Crippen LogP contribution in [-0.2, 0) is 11.3 Å². The summed E-state index contributed by atoms with van der Waals surface area (Å²) in [6, 6.07) is 7.96. The number of halogens is 1. The monoisotopic (exact) mass is 476 g/mol. The number of benzene rings is 1. The standard InChI is InChI=1S/C19H32N4O2.HI/c1-19(2,3)25-17-8-5-4-7-16(17)15-22-18(20)21-9-6-10-23-11-13-24-14-12-23;/h4-5,7-8H,6,9-15H2,1-3H3,(H3,20,21,22);1H. The van der Waals surface area contributed by atoms with Crippen molar-refractivity contribution in [3.05, 3.63) is 29.8 Å². The van der Waals surface area contributed by atoms with Crippen molar-refractivity contribution in [2.24, 2.45) is 10.7 Å². The van der Waals surface area contributed by atoms with Crippen molar-refractivity contribution >= 4 is 29.9 Å². The van der Waals surface area contributed by atoms with E-state index in [1.807, 2.05) is 45.0 Å². The highest BCUT2D eigenvalue weighted by Crippen LogP contribution is 2.23. The summed E-state index contributed by atoms with van der Waals surface area (Å²) in [6.45, 7) is 12.2. The first-order valence-electron chi connectivity index (χ1n) is 9.05. The van der Waals surface area contributed by atoms with Gasteiger partial charge >= 0.3 is 0 Å². The molecule has 0 aromatic heterocycles. The second-order valence-corrected chi connectivity index (χ2v) is 7.26. The number of hydrogen-bond donors (Lipinski definition) is 2. The van der Waals surface area contributed by atoms with Gasteiger partial charge in [-0.1, -0.05) is 18.2 Å². The van der Waals surface area contributed by atoms with Crippen LogP contribution in [0.5, 0.6) is 5.75 Å². The predicted octanol–water partition coefficient (Wildman–Crippen LogP) is 2.61. The van der Waals surface area contributed by atoms with E-state index in [0.717, 1.165) is 57.1 Å². The molecule has 2 rings (SSSR count). The van der Waals surface area contributed by atoms with E-state index >= 15 is 0 Å². The Labute approximate surface area is 174 Å². The van der Waals surface area contributed by atoms with Gasteiger partial charge in [0.2, 0.25) is 0 Å². The van der Waals surface area contributed by atoms with E-state index in [0.29, 0.717) is 12.5 Å². The fraction of sp³-hybridized carbons (Fsp3) is 0.632. The minimum Gasteiger partial charge on any atom is -0.488 e. The van der Waals surface area contributed by atoms with Crippen molar-refractivity contribution in [1.29, 1.82) is 0 Å². The molecule has 26 heavy (non-hydrogen) atoms. The van der Waals surface area contributed by atoms with E-state index < -0.39 is 0 Å². The molecule has 3 N–H and O–H groups in total. The maximum Gasteiger partial charge on any atom is 0.188 e. The van der Waals surface area contributed by atoms with Crippen molar-refractivity contribution in [2.75, 3.05) is 39.4 Å². The highest BCUT2D eigenvalue weighted by Gasteiger charge is 2.14. The molecular weight excluding hydrogens is 443 g/mol. The molecule has 0 atom stereocenters. The Morgan fingerprint density at radius 2 is 1.96 bits per heavy atom. The lowest BCUT2D eigenvalue weighted by molar-refractivity contribution is 0.0376. The molecule has 0 radical (unpaired) electrons. The Bertz CT molecular complexity index is 555. The average Bonchev–Trinajstić information content (AvgIpc) is 2.57. The molecule has 1 aliphatic rings. The molecule has 0 unspecified atom stereocenters. The lowest BCUT2D eigenvalue weighted by atomic mass is 10.1. The molecule has 0 aliphatic carbocycles. The van der Waals surface area contributed by atoms with Crippen LogP contribution >= 0.6 is 24.0 Å². The molecule has 1 aromatic rings. The molecule has 1 saturated heterocycles. The average molecular weight is 476 g/mol. The molecule has 0 spiro atoms. The number of nitrogens with two attached hydrogens (primary N) is 1. The summed E-state index contributed by atoms with van der Waals surface area (Å²) in [5.41, 5.74) is 6.79.